The van der Waals surface area contributed by atoms with E-state index in [0.29, 0.717) is 6.54 Å². The molecular weight excluding hydrogens is 328 g/mol. The van der Waals surface area contributed by atoms with Crippen molar-refractivity contribution in [3.8, 4) is 0 Å². The Balaban J connectivity index is 2.51. The van der Waals surface area contributed by atoms with Gasteiger partial charge in [0.15, 0.2) is 0 Å². The standard InChI is InChI=1S/C14H19ClN2O4S/c1-3-11-6-4-5-7-16(11)22(20,21)12-8-13(15)10(2)14(9-12)17(18)19/h8-9,11H,3-7H2,1-2H3. The number of hydrogen-bond donors (Lipinski definition) is 0. The second-order valence-electron chi connectivity index (χ2n) is 5.48. The molecule has 0 spiro atoms. The Morgan fingerprint density at radius 3 is 2.68 bits per heavy atom. The third-order valence-electron chi connectivity index (χ3n) is 4.14. The lowest BCUT2D eigenvalue weighted by molar-refractivity contribution is -0.385. The zero-order valence-corrected chi connectivity index (χ0v) is 14.2. The lowest BCUT2D eigenvalue weighted by atomic mass is 10.0. The first-order valence-corrected chi connectivity index (χ1v) is 9.07. The van der Waals surface area contributed by atoms with Gasteiger partial charge in [-0.3, -0.25) is 10.1 Å². The molecule has 1 fully saturated rings. The highest BCUT2D eigenvalue weighted by Gasteiger charge is 2.34. The van der Waals surface area contributed by atoms with Crippen molar-refractivity contribution in [1.82, 2.24) is 4.31 Å². The van der Waals surface area contributed by atoms with E-state index in [4.69, 9.17) is 11.6 Å². The molecule has 122 valence electrons. The van der Waals surface area contributed by atoms with E-state index < -0.39 is 14.9 Å². The number of sulfonamides is 1. The van der Waals surface area contributed by atoms with Gasteiger partial charge in [-0.1, -0.05) is 24.9 Å². The Bertz CT molecular complexity index is 690. The van der Waals surface area contributed by atoms with Crippen LogP contribution in [0.1, 0.15) is 38.2 Å². The lowest BCUT2D eigenvalue weighted by Crippen LogP contribution is -2.43. The van der Waals surface area contributed by atoms with Crippen LogP contribution < -0.4 is 0 Å². The first-order valence-electron chi connectivity index (χ1n) is 7.25. The van der Waals surface area contributed by atoms with E-state index in [9.17, 15) is 18.5 Å². The molecule has 1 aromatic rings. The predicted molar refractivity (Wildman–Crippen MR) is 84.7 cm³/mol. The van der Waals surface area contributed by atoms with Gasteiger partial charge < -0.3 is 0 Å². The van der Waals surface area contributed by atoms with E-state index in [0.717, 1.165) is 31.7 Å². The molecule has 0 aliphatic carbocycles. The molecular formula is C14H19ClN2O4S. The van der Waals surface area contributed by atoms with Gasteiger partial charge in [0.25, 0.3) is 5.69 Å². The number of piperidine rings is 1. The smallest absolute Gasteiger partial charge is 0.258 e. The van der Waals surface area contributed by atoms with Crippen molar-refractivity contribution in [2.75, 3.05) is 6.54 Å². The molecule has 0 radical (unpaired) electrons. The fourth-order valence-corrected chi connectivity index (χ4v) is 4.91. The second-order valence-corrected chi connectivity index (χ2v) is 7.78. The Kier molecular flexibility index (Phi) is 5.09. The van der Waals surface area contributed by atoms with Crippen molar-refractivity contribution in [2.45, 2.75) is 50.5 Å². The van der Waals surface area contributed by atoms with Crippen LogP contribution in [0.2, 0.25) is 5.02 Å². The van der Waals surface area contributed by atoms with Gasteiger partial charge in [0.05, 0.1) is 14.8 Å². The SMILES string of the molecule is CCC1CCCCN1S(=O)(=O)c1cc(Cl)c(C)c([N+](=O)[O-])c1. The van der Waals surface area contributed by atoms with Gasteiger partial charge in [-0.15, -0.1) is 0 Å². The van der Waals surface area contributed by atoms with E-state index in [1.807, 2.05) is 6.92 Å². The van der Waals surface area contributed by atoms with Crippen LogP contribution in [0.4, 0.5) is 5.69 Å². The summed E-state index contributed by atoms with van der Waals surface area (Å²) in [5.74, 6) is 0. The first kappa shape index (κ1) is 17.2. The van der Waals surface area contributed by atoms with Gasteiger partial charge in [-0.05, 0) is 32.3 Å². The van der Waals surface area contributed by atoms with Crippen LogP contribution in [0.15, 0.2) is 17.0 Å². The summed E-state index contributed by atoms with van der Waals surface area (Å²) in [5.41, 5.74) is 0.00688. The van der Waals surface area contributed by atoms with E-state index in [2.05, 4.69) is 0 Å². The summed E-state index contributed by atoms with van der Waals surface area (Å²) in [6, 6.07) is 2.36. The van der Waals surface area contributed by atoms with Gasteiger partial charge in [-0.25, -0.2) is 8.42 Å². The van der Waals surface area contributed by atoms with E-state index in [1.54, 1.807) is 0 Å². The van der Waals surface area contributed by atoms with Crippen LogP contribution >= 0.6 is 11.6 Å². The van der Waals surface area contributed by atoms with Crippen molar-refractivity contribution in [2.24, 2.45) is 0 Å². The molecule has 0 amide bonds. The van der Waals surface area contributed by atoms with Crippen LogP contribution in [0, 0.1) is 17.0 Å². The molecule has 1 atom stereocenters. The molecule has 1 unspecified atom stereocenters. The Morgan fingerprint density at radius 1 is 1.41 bits per heavy atom. The summed E-state index contributed by atoms with van der Waals surface area (Å²) in [6.45, 7) is 3.90. The molecule has 2 rings (SSSR count). The van der Waals surface area contributed by atoms with Crippen LogP contribution in [-0.2, 0) is 10.0 Å². The number of rotatable bonds is 4. The third-order valence-corrected chi connectivity index (χ3v) is 6.46. The monoisotopic (exact) mass is 346 g/mol. The summed E-state index contributed by atoms with van der Waals surface area (Å²) in [5, 5.41) is 11.2. The first-order chi connectivity index (χ1) is 10.3. The van der Waals surface area contributed by atoms with Crippen LogP contribution in [0.25, 0.3) is 0 Å². The lowest BCUT2D eigenvalue weighted by Gasteiger charge is -2.34. The highest BCUT2D eigenvalue weighted by atomic mass is 35.5. The van der Waals surface area contributed by atoms with Crippen molar-refractivity contribution < 1.29 is 13.3 Å². The third kappa shape index (κ3) is 3.11. The highest BCUT2D eigenvalue weighted by molar-refractivity contribution is 7.89. The Hall–Kier alpha value is -1.18. The zero-order chi connectivity index (χ0) is 16.5. The minimum atomic E-state index is -3.77. The van der Waals surface area contributed by atoms with Gasteiger partial charge >= 0.3 is 0 Å². The molecule has 1 aromatic carbocycles. The van der Waals surface area contributed by atoms with Gasteiger partial charge in [0.2, 0.25) is 10.0 Å². The zero-order valence-electron chi connectivity index (χ0n) is 12.6. The van der Waals surface area contributed by atoms with E-state index in [1.165, 1.54) is 17.3 Å². The average Bonchev–Trinajstić information content (AvgIpc) is 2.49. The number of nitro benzene ring substituents is 1. The normalized spacial score (nSPS) is 20.0. The van der Waals surface area contributed by atoms with Gasteiger partial charge in [-0.2, -0.15) is 4.31 Å². The number of nitro groups is 1. The Morgan fingerprint density at radius 2 is 2.09 bits per heavy atom. The maximum absolute atomic E-state index is 12.8. The molecule has 0 bridgehead atoms. The van der Waals surface area contributed by atoms with Crippen LogP contribution in [0.3, 0.4) is 0 Å². The molecule has 0 aromatic heterocycles. The minimum absolute atomic E-state index is 0.0575. The molecule has 6 nitrogen and oxygen atoms in total. The second kappa shape index (κ2) is 6.52. The number of halogens is 1. The summed E-state index contributed by atoms with van der Waals surface area (Å²) in [7, 11) is -3.77. The molecule has 1 aliphatic rings. The molecule has 1 aliphatic heterocycles. The van der Waals surface area contributed by atoms with Gasteiger partial charge in [0.1, 0.15) is 0 Å². The van der Waals surface area contributed by atoms with Crippen LogP contribution in [0.5, 0.6) is 0 Å². The largest absolute Gasteiger partial charge is 0.275 e. The molecule has 8 heteroatoms. The van der Waals surface area contributed by atoms with E-state index >= 15 is 0 Å². The fourth-order valence-electron chi connectivity index (χ4n) is 2.81. The van der Waals surface area contributed by atoms with Gasteiger partial charge in [0, 0.05) is 24.2 Å². The predicted octanol–water partition coefficient (Wildman–Crippen LogP) is 3.51. The molecule has 0 N–H and O–H groups in total. The van der Waals surface area contributed by atoms with Crippen LogP contribution in [-0.4, -0.2) is 30.2 Å². The van der Waals surface area contributed by atoms with E-state index in [-0.39, 0.29) is 27.2 Å². The maximum atomic E-state index is 12.8. The topological polar surface area (TPSA) is 80.5 Å². The minimum Gasteiger partial charge on any atom is -0.258 e. The summed E-state index contributed by atoms with van der Waals surface area (Å²) >= 11 is 5.99. The average molecular weight is 347 g/mol. The Labute approximate surface area is 135 Å². The van der Waals surface area contributed by atoms with Crippen molar-refractivity contribution in [3.05, 3.63) is 32.8 Å². The highest BCUT2D eigenvalue weighted by Crippen LogP contribution is 2.33. The number of nitrogens with zero attached hydrogens (tertiary/aromatic N) is 2. The number of benzene rings is 1. The van der Waals surface area contributed by atoms with Crippen molar-refractivity contribution >= 4 is 27.3 Å². The maximum Gasteiger partial charge on any atom is 0.275 e. The summed E-state index contributed by atoms with van der Waals surface area (Å²) < 4.78 is 27.1. The molecule has 1 heterocycles. The summed E-state index contributed by atoms with van der Waals surface area (Å²) in [4.78, 5) is 10.4. The number of hydrogen-bond acceptors (Lipinski definition) is 4. The van der Waals surface area contributed by atoms with Crippen molar-refractivity contribution in [3.63, 3.8) is 0 Å². The molecule has 1 saturated heterocycles. The van der Waals surface area contributed by atoms with Crippen molar-refractivity contribution in [1.29, 1.82) is 0 Å². The fraction of sp³-hybridized carbons (Fsp3) is 0.571. The summed E-state index contributed by atoms with van der Waals surface area (Å²) in [6.07, 6.45) is 3.34. The quantitative estimate of drug-likeness (QED) is 0.617. The molecule has 0 saturated carbocycles. The molecule has 22 heavy (non-hydrogen) atoms.